The Labute approximate surface area is 143 Å². The van der Waals surface area contributed by atoms with Crippen LogP contribution in [-0.2, 0) is 16.0 Å². The molecule has 1 heterocycles. The highest BCUT2D eigenvalue weighted by Crippen LogP contribution is 2.33. The lowest BCUT2D eigenvalue weighted by molar-refractivity contribution is -0.142. The number of carbonyl (C=O) groups is 2. The summed E-state index contributed by atoms with van der Waals surface area (Å²) in [6.45, 7) is 7.85. The van der Waals surface area contributed by atoms with Crippen molar-refractivity contribution in [3.05, 3.63) is 35.4 Å². The molecule has 132 valence electrons. The minimum absolute atomic E-state index is 0.0235. The van der Waals surface area contributed by atoms with Crippen molar-refractivity contribution >= 4 is 12.1 Å². The number of ether oxygens (including phenoxy) is 1. The molecule has 1 N–H and O–H groups in total. The topological polar surface area (TPSA) is 66.8 Å². The Bertz CT molecular complexity index is 606. The van der Waals surface area contributed by atoms with Crippen molar-refractivity contribution in [1.82, 2.24) is 4.90 Å². The molecule has 2 atom stereocenters. The van der Waals surface area contributed by atoms with Crippen molar-refractivity contribution in [2.75, 3.05) is 6.54 Å². The molecule has 1 amide bonds. The van der Waals surface area contributed by atoms with E-state index in [1.54, 1.807) is 20.8 Å². The van der Waals surface area contributed by atoms with Gasteiger partial charge in [-0.15, -0.1) is 0 Å². The van der Waals surface area contributed by atoms with Gasteiger partial charge in [-0.3, -0.25) is 4.90 Å². The molecule has 0 aromatic heterocycles. The zero-order valence-electron chi connectivity index (χ0n) is 14.9. The highest BCUT2D eigenvalue weighted by molar-refractivity contribution is 5.81. The molecular weight excluding hydrogens is 306 g/mol. The highest BCUT2D eigenvalue weighted by atomic mass is 16.6. The molecule has 1 aromatic carbocycles. The van der Waals surface area contributed by atoms with E-state index in [2.05, 4.69) is 19.1 Å². The molecular formula is C19H27NO4. The fourth-order valence-electron chi connectivity index (χ4n) is 3.13. The second-order valence-corrected chi connectivity index (χ2v) is 7.41. The zero-order valence-corrected chi connectivity index (χ0v) is 14.9. The molecule has 0 saturated carbocycles. The van der Waals surface area contributed by atoms with Gasteiger partial charge in [0.1, 0.15) is 11.6 Å². The van der Waals surface area contributed by atoms with E-state index in [9.17, 15) is 14.7 Å². The first kappa shape index (κ1) is 18.3. The molecule has 1 aromatic rings. The summed E-state index contributed by atoms with van der Waals surface area (Å²) < 4.78 is 5.37. The van der Waals surface area contributed by atoms with Crippen molar-refractivity contribution in [1.29, 1.82) is 0 Å². The van der Waals surface area contributed by atoms with Crippen molar-refractivity contribution in [3.63, 3.8) is 0 Å². The summed E-state index contributed by atoms with van der Waals surface area (Å²) in [6.07, 6.45) is 1.93. The summed E-state index contributed by atoms with van der Waals surface area (Å²) in [7, 11) is 0. The smallest absolute Gasteiger partial charge is 0.411 e. The van der Waals surface area contributed by atoms with Crippen LogP contribution in [0.5, 0.6) is 0 Å². The molecule has 5 nitrogen and oxygen atoms in total. The third-order valence-electron chi connectivity index (χ3n) is 4.18. The molecule has 1 aliphatic rings. The Kier molecular flexibility index (Phi) is 5.52. The maximum absolute atomic E-state index is 12.4. The molecule has 0 radical (unpaired) electrons. The van der Waals surface area contributed by atoms with Gasteiger partial charge in [0.15, 0.2) is 0 Å². The number of carboxylic acid groups (broad SMARTS) is 1. The van der Waals surface area contributed by atoms with E-state index in [0.29, 0.717) is 13.0 Å². The fraction of sp³-hybridized carbons (Fsp3) is 0.579. The second-order valence-electron chi connectivity index (χ2n) is 7.41. The number of rotatable bonds is 4. The standard InChI is InChI=1S/C19H27NO4/c1-5-7-13-8-6-9-14(10-13)15-11-16(17(21)22)20(12-15)18(23)24-19(2,3)4/h6,8-10,15-16H,5,7,11-12H2,1-4H3,(H,21,22)/t15-,16-/m1/s1. The SMILES string of the molecule is CCCc1cccc([C@@H]2C[C@H](C(=O)O)N(C(=O)OC(C)(C)C)C2)c1. The van der Waals surface area contributed by atoms with E-state index >= 15 is 0 Å². The molecule has 0 unspecified atom stereocenters. The van der Waals surface area contributed by atoms with Crippen LogP contribution in [0.25, 0.3) is 0 Å². The Morgan fingerprint density at radius 3 is 2.62 bits per heavy atom. The van der Waals surface area contributed by atoms with Gasteiger partial charge in [0.2, 0.25) is 0 Å². The van der Waals surface area contributed by atoms with Gasteiger partial charge >= 0.3 is 12.1 Å². The molecule has 2 rings (SSSR count). The number of carbonyl (C=O) groups excluding carboxylic acids is 1. The quantitative estimate of drug-likeness (QED) is 0.909. The highest BCUT2D eigenvalue weighted by Gasteiger charge is 2.42. The summed E-state index contributed by atoms with van der Waals surface area (Å²) in [4.78, 5) is 25.3. The predicted octanol–water partition coefficient (Wildman–Crippen LogP) is 3.82. The summed E-state index contributed by atoms with van der Waals surface area (Å²) in [5.41, 5.74) is 1.70. The van der Waals surface area contributed by atoms with Gasteiger partial charge in [0.05, 0.1) is 0 Å². The minimum Gasteiger partial charge on any atom is -0.480 e. The van der Waals surface area contributed by atoms with E-state index in [4.69, 9.17) is 4.74 Å². The molecule has 1 fully saturated rings. The van der Waals surface area contributed by atoms with E-state index in [-0.39, 0.29) is 5.92 Å². The number of aliphatic carboxylic acids is 1. The van der Waals surface area contributed by atoms with Gasteiger partial charge in [-0.1, -0.05) is 37.6 Å². The van der Waals surface area contributed by atoms with Gasteiger partial charge < -0.3 is 9.84 Å². The summed E-state index contributed by atoms with van der Waals surface area (Å²) in [5, 5.41) is 9.48. The van der Waals surface area contributed by atoms with Crippen LogP contribution in [0, 0.1) is 0 Å². The Hall–Kier alpha value is -2.04. The van der Waals surface area contributed by atoms with Crippen LogP contribution in [0.4, 0.5) is 4.79 Å². The summed E-state index contributed by atoms with van der Waals surface area (Å²) in [5.74, 6) is -0.955. The van der Waals surface area contributed by atoms with E-state index < -0.39 is 23.7 Å². The first-order chi connectivity index (χ1) is 11.2. The van der Waals surface area contributed by atoms with E-state index in [1.807, 2.05) is 12.1 Å². The first-order valence-electron chi connectivity index (χ1n) is 8.52. The number of nitrogens with zero attached hydrogens (tertiary/aromatic N) is 1. The van der Waals surface area contributed by atoms with Crippen molar-refractivity contribution in [3.8, 4) is 0 Å². The summed E-state index contributed by atoms with van der Waals surface area (Å²) >= 11 is 0. The monoisotopic (exact) mass is 333 g/mol. The minimum atomic E-state index is -0.979. The summed E-state index contributed by atoms with van der Waals surface area (Å²) in [6, 6.07) is 7.40. The van der Waals surface area contributed by atoms with Crippen LogP contribution >= 0.6 is 0 Å². The Balaban J connectivity index is 2.19. The maximum atomic E-state index is 12.4. The van der Waals surface area contributed by atoms with Gasteiger partial charge in [-0.25, -0.2) is 9.59 Å². The number of likely N-dealkylation sites (tertiary alicyclic amines) is 1. The average Bonchev–Trinajstić information content (AvgIpc) is 2.91. The van der Waals surface area contributed by atoms with Gasteiger partial charge in [0, 0.05) is 12.5 Å². The van der Waals surface area contributed by atoms with Crippen molar-refractivity contribution in [2.24, 2.45) is 0 Å². The van der Waals surface area contributed by atoms with Crippen LogP contribution in [-0.4, -0.2) is 40.3 Å². The van der Waals surface area contributed by atoms with Gasteiger partial charge in [-0.05, 0) is 44.7 Å². The lowest BCUT2D eigenvalue weighted by Gasteiger charge is -2.26. The zero-order chi connectivity index (χ0) is 17.9. The lowest BCUT2D eigenvalue weighted by atomic mass is 9.94. The number of hydrogen-bond acceptors (Lipinski definition) is 3. The third-order valence-corrected chi connectivity index (χ3v) is 4.18. The van der Waals surface area contributed by atoms with Gasteiger partial charge in [0.25, 0.3) is 0 Å². The number of benzene rings is 1. The molecule has 0 bridgehead atoms. The van der Waals surface area contributed by atoms with Crippen LogP contribution in [0.3, 0.4) is 0 Å². The van der Waals surface area contributed by atoms with E-state index in [1.165, 1.54) is 10.5 Å². The number of hydrogen-bond donors (Lipinski definition) is 1. The first-order valence-corrected chi connectivity index (χ1v) is 8.52. The molecule has 0 spiro atoms. The largest absolute Gasteiger partial charge is 0.480 e. The van der Waals surface area contributed by atoms with Crippen molar-refractivity contribution in [2.45, 2.75) is 64.5 Å². The third kappa shape index (κ3) is 4.49. The number of amides is 1. The molecule has 1 saturated heterocycles. The van der Waals surface area contributed by atoms with E-state index in [0.717, 1.165) is 18.4 Å². The number of aryl methyl sites for hydroxylation is 1. The lowest BCUT2D eigenvalue weighted by Crippen LogP contribution is -2.43. The molecule has 5 heteroatoms. The maximum Gasteiger partial charge on any atom is 0.411 e. The molecule has 24 heavy (non-hydrogen) atoms. The van der Waals surface area contributed by atoms with Crippen LogP contribution in [0.1, 0.15) is 57.6 Å². The fourth-order valence-corrected chi connectivity index (χ4v) is 3.13. The van der Waals surface area contributed by atoms with Crippen molar-refractivity contribution < 1.29 is 19.4 Å². The predicted molar refractivity (Wildman–Crippen MR) is 92.2 cm³/mol. The van der Waals surface area contributed by atoms with Crippen LogP contribution in [0.2, 0.25) is 0 Å². The second kappa shape index (κ2) is 7.24. The molecule has 1 aliphatic heterocycles. The average molecular weight is 333 g/mol. The van der Waals surface area contributed by atoms with Gasteiger partial charge in [-0.2, -0.15) is 0 Å². The number of carboxylic acids is 1. The van der Waals surface area contributed by atoms with Crippen LogP contribution in [0.15, 0.2) is 24.3 Å². The van der Waals surface area contributed by atoms with Crippen LogP contribution < -0.4 is 0 Å². The Morgan fingerprint density at radius 2 is 2.04 bits per heavy atom. The molecule has 0 aliphatic carbocycles. The Morgan fingerprint density at radius 1 is 1.33 bits per heavy atom. The normalized spacial score (nSPS) is 20.9.